The summed E-state index contributed by atoms with van der Waals surface area (Å²) in [6.07, 6.45) is -4.44. The molecule has 0 N–H and O–H groups in total. The van der Waals surface area contributed by atoms with Crippen LogP contribution in [0, 0.1) is 0 Å². The molecule has 158 valence electrons. The van der Waals surface area contributed by atoms with Gasteiger partial charge in [-0.2, -0.15) is 17.5 Å². The summed E-state index contributed by atoms with van der Waals surface area (Å²) in [5.74, 6) is 0.255. The highest BCUT2D eigenvalue weighted by Crippen LogP contribution is 2.35. The van der Waals surface area contributed by atoms with E-state index in [9.17, 15) is 21.6 Å². The van der Waals surface area contributed by atoms with Crippen molar-refractivity contribution in [2.75, 3.05) is 38.2 Å². The highest BCUT2D eigenvalue weighted by molar-refractivity contribution is 7.89. The Morgan fingerprint density at radius 3 is 2.24 bits per heavy atom. The van der Waals surface area contributed by atoms with Crippen LogP contribution in [-0.4, -0.2) is 46.0 Å². The van der Waals surface area contributed by atoms with Gasteiger partial charge in [0.25, 0.3) is 0 Å². The number of methoxy groups -OCH3 is 1. The average molecular weight is 469 g/mol. The fraction of sp³-hybridized carbons (Fsp3) is 0.333. The summed E-state index contributed by atoms with van der Waals surface area (Å²) in [5.41, 5.74) is -0.355. The quantitative estimate of drug-likeness (QED) is 0.661. The number of hydrogen-bond acceptors (Lipinski definition) is 4. The second-order valence-corrected chi connectivity index (χ2v) is 9.08. The largest absolute Gasteiger partial charge is 0.495 e. The summed E-state index contributed by atoms with van der Waals surface area (Å²) in [4.78, 5) is 1.57. The zero-order valence-corrected chi connectivity index (χ0v) is 17.5. The summed E-state index contributed by atoms with van der Waals surface area (Å²) >= 11 is 12.1. The van der Waals surface area contributed by atoms with Crippen molar-refractivity contribution < 1.29 is 26.3 Å². The number of nitrogens with zero attached hydrogens (tertiary/aromatic N) is 2. The molecule has 0 saturated carbocycles. The van der Waals surface area contributed by atoms with Crippen LogP contribution < -0.4 is 9.64 Å². The number of sulfonamides is 1. The van der Waals surface area contributed by atoms with Crippen molar-refractivity contribution in [2.45, 2.75) is 11.1 Å². The molecule has 0 bridgehead atoms. The Hall–Kier alpha value is -1.68. The van der Waals surface area contributed by atoms with E-state index in [0.29, 0.717) is 5.69 Å². The molecule has 2 aromatic carbocycles. The van der Waals surface area contributed by atoms with Crippen molar-refractivity contribution in [3.8, 4) is 5.75 Å². The molecule has 5 nitrogen and oxygen atoms in total. The van der Waals surface area contributed by atoms with Crippen molar-refractivity contribution >= 4 is 38.9 Å². The molecule has 3 rings (SSSR count). The Bertz CT molecular complexity index is 1010. The van der Waals surface area contributed by atoms with Crippen LogP contribution in [0.4, 0.5) is 18.9 Å². The molecule has 29 heavy (non-hydrogen) atoms. The molecule has 0 unspecified atom stereocenters. The van der Waals surface area contributed by atoms with E-state index >= 15 is 0 Å². The van der Waals surface area contributed by atoms with E-state index in [1.165, 1.54) is 29.6 Å². The maximum Gasteiger partial charge on any atom is 0.416 e. The molecule has 1 fully saturated rings. The van der Waals surface area contributed by atoms with Crippen molar-refractivity contribution in [3.63, 3.8) is 0 Å². The minimum Gasteiger partial charge on any atom is -0.495 e. The zero-order chi connectivity index (χ0) is 21.4. The minimum absolute atomic E-state index is 0.0217. The van der Waals surface area contributed by atoms with Gasteiger partial charge in [-0.15, -0.1) is 0 Å². The molecule has 11 heteroatoms. The molecule has 0 spiro atoms. The van der Waals surface area contributed by atoms with Gasteiger partial charge >= 0.3 is 6.18 Å². The molecule has 0 amide bonds. The lowest BCUT2D eigenvalue weighted by Gasteiger charge is -2.35. The number of halogens is 5. The molecule has 0 aliphatic carbocycles. The predicted octanol–water partition coefficient (Wildman–Crippen LogP) is 4.53. The highest BCUT2D eigenvalue weighted by Gasteiger charge is 2.33. The van der Waals surface area contributed by atoms with Crippen LogP contribution in [0.2, 0.25) is 10.0 Å². The average Bonchev–Trinajstić information content (AvgIpc) is 2.69. The van der Waals surface area contributed by atoms with E-state index in [2.05, 4.69) is 0 Å². The first-order valence-electron chi connectivity index (χ1n) is 8.49. The summed E-state index contributed by atoms with van der Waals surface area (Å²) < 4.78 is 71.0. The Morgan fingerprint density at radius 2 is 1.66 bits per heavy atom. The predicted molar refractivity (Wildman–Crippen MR) is 105 cm³/mol. The van der Waals surface area contributed by atoms with Gasteiger partial charge in [0.2, 0.25) is 10.0 Å². The molecular formula is C18H17Cl2F3N2O3S. The number of piperazine rings is 1. The smallest absolute Gasteiger partial charge is 0.416 e. The van der Waals surface area contributed by atoms with E-state index in [1.807, 2.05) is 0 Å². The monoisotopic (exact) mass is 468 g/mol. The van der Waals surface area contributed by atoms with Gasteiger partial charge < -0.3 is 9.64 Å². The number of anilines is 1. The minimum atomic E-state index is -4.44. The van der Waals surface area contributed by atoms with E-state index in [0.717, 1.165) is 12.1 Å². The molecule has 2 aromatic rings. The van der Waals surface area contributed by atoms with Crippen LogP contribution in [0.3, 0.4) is 0 Å². The van der Waals surface area contributed by atoms with Crippen LogP contribution in [0.1, 0.15) is 5.56 Å². The van der Waals surface area contributed by atoms with Crippen molar-refractivity contribution in [2.24, 2.45) is 0 Å². The first kappa shape index (κ1) is 22.0. The third-order valence-corrected chi connectivity index (χ3v) is 7.26. The van der Waals surface area contributed by atoms with E-state index in [4.69, 9.17) is 27.9 Å². The van der Waals surface area contributed by atoms with E-state index in [1.54, 1.807) is 11.0 Å². The van der Waals surface area contributed by atoms with Crippen molar-refractivity contribution in [3.05, 3.63) is 52.0 Å². The maximum atomic E-state index is 13.0. The Labute approximate surface area is 176 Å². The number of ether oxygens (including phenoxy) is 1. The van der Waals surface area contributed by atoms with E-state index < -0.39 is 21.8 Å². The lowest BCUT2D eigenvalue weighted by atomic mass is 10.1. The van der Waals surface area contributed by atoms with Crippen molar-refractivity contribution in [1.82, 2.24) is 4.31 Å². The van der Waals surface area contributed by atoms with Gasteiger partial charge in [0.1, 0.15) is 10.6 Å². The molecule has 1 heterocycles. The molecule has 0 aromatic heterocycles. The van der Waals surface area contributed by atoms with Gasteiger partial charge in [-0.3, -0.25) is 0 Å². The second kappa shape index (κ2) is 8.22. The lowest BCUT2D eigenvalue weighted by molar-refractivity contribution is -0.137. The summed E-state index contributed by atoms with van der Waals surface area (Å²) in [7, 11) is -2.53. The molecule has 1 aliphatic rings. The third-order valence-electron chi connectivity index (χ3n) is 4.60. The van der Waals surface area contributed by atoms with Crippen LogP contribution in [-0.2, 0) is 16.2 Å². The fourth-order valence-corrected chi connectivity index (χ4v) is 5.32. The SMILES string of the molecule is COc1cc(Cl)c(S(=O)(=O)N2CCN(c3cccc(C(F)(F)F)c3)CC2)cc1Cl. The Balaban J connectivity index is 1.78. The number of benzene rings is 2. The molecule has 1 saturated heterocycles. The van der Waals surface area contributed by atoms with Crippen LogP contribution in [0.25, 0.3) is 0 Å². The van der Waals surface area contributed by atoms with Crippen LogP contribution in [0.5, 0.6) is 5.75 Å². The zero-order valence-electron chi connectivity index (χ0n) is 15.2. The van der Waals surface area contributed by atoms with Gasteiger partial charge in [-0.25, -0.2) is 8.42 Å². The maximum absolute atomic E-state index is 13.0. The second-order valence-electron chi connectivity index (χ2n) is 6.36. The lowest BCUT2D eigenvalue weighted by Crippen LogP contribution is -2.48. The van der Waals surface area contributed by atoms with Crippen LogP contribution >= 0.6 is 23.2 Å². The van der Waals surface area contributed by atoms with E-state index in [-0.39, 0.29) is 46.9 Å². The number of alkyl halides is 3. The molecule has 1 aliphatic heterocycles. The van der Waals surface area contributed by atoms with Gasteiger partial charge in [-0.05, 0) is 24.3 Å². The highest BCUT2D eigenvalue weighted by atomic mass is 35.5. The first-order valence-corrected chi connectivity index (χ1v) is 10.7. The first-order chi connectivity index (χ1) is 13.5. The standard InChI is InChI=1S/C18H17Cl2F3N2O3S/c1-28-16-10-15(20)17(11-14(16)19)29(26,27)25-7-5-24(6-8-25)13-4-2-3-12(9-13)18(21,22)23/h2-4,9-11H,5-8H2,1H3. The number of hydrogen-bond donors (Lipinski definition) is 0. The van der Waals surface area contributed by atoms with Gasteiger partial charge in [-0.1, -0.05) is 29.3 Å². The molecule has 0 radical (unpaired) electrons. The fourth-order valence-electron chi connectivity index (χ4n) is 3.07. The Kier molecular flexibility index (Phi) is 6.24. The molecule has 0 atom stereocenters. The topological polar surface area (TPSA) is 49.9 Å². The van der Waals surface area contributed by atoms with Gasteiger partial charge in [0.15, 0.2) is 0 Å². The summed E-state index contributed by atoms with van der Waals surface area (Å²) in [5, 5.41) is 0.0876. The normalized spacial score (nSPS) is 16.1. The van der Waals surface area contributed by atoms with Crippen molar-refractivity contribution in [1.29, 1.82) is 0 Å². The summed E-state index contributed by atoms with van der Waals surface area (Å²) in [6, 6.07) is 7.52. The number of rotatable bonds is 4. The third kappa shape index (κ3) is 4.58. The molecular weight excluding hydrogens is 452 g/mol. The van der Waals surface area contributed by atoms with Gasteiger partial charge in [0, 0.05) is 37.9 Å². The Morgan fingerprint density at radius 1 is 1.00 bits per heavy atom. The van der Waals surface area contributed by atoms with Crippen LogP contribution in [0.15, 0.2) is 41.3 Å². The van der Waals surface area contributed by atoms with Gasteiger partial charge in [0.05, 0.1) is 22.7 Å². The summed E-state index contributed by atoms with van der Waals surface area (Å²) in [6.45, 7) is 0.668.